The summed E-state index contributed by atoms with van der Waals surface area (Å²) in [5, 5.41) is 9.00. The van der Waals surface area contributed by atoms with Crippen LogP contribution in [-0.4, -0.2) is 37.1 Å². The molecule has 0 aliphatic carbocycles. The normalized spacial score (nSPS) is 10.4. The Morgan fingerprint density at radius 2 is 1.63 bits per heavy atom. The highest BCUT2D eigenvalue weighted by Crippen LogP contribution is 2.40. The number of carbonyl (C=O) groups excluding carboxylic acids is 1. The molecule has 0 aliphatic heterocycles. The van der Waals surface area contributed by atoms with Gasteiger partial charge in [-0.15, -0.1) is 4.91 Å². The molecule has 1 heterocycles. The van der Waals surface area contributed by atoms with Crippen molar-refractivity contribution in [3.05, 3.63) is 88.2 Å². The summed E-state index contributed by atoms with van der Waals surface area (Å²) in [7, 11) is 4.48. The van der Waals surface area contributed by atoms with Crippen LogP contribution in [-0.2, 0) is 0 Å². The van der Waals surface area contributed by atoms with Gasteiger partial charge in [-0.05, 0) is 36.4 Å². The lowest BCUT2D eigenvalue weighted by atomic mass is 9.99. The van der Waals surface area contributed by atoms with Crippen LogP contribution in [0.5, 0.6) is 17.2 Å². The minimum absolute atomic E-state index is 0.0383. The number of ketones is 1. The maximum absolute atomic E-state index is 14.4. The maximum atomic E-state index is 14.4. The molecule has 0 saturated heterocycles. The van der Waals surface area contributed by atoms with E-state index in [0.29, 0.717) is 28.6 Å². The number of aromatic nitrogens is 2. The molecule has 0 spiro atoms. The van der Waals surface area contributed by atoms with E-state index < -0.39 is 11.6 Å². The van der Waals surface area contributed by atoms with Gasteiger partial charge in [-0.2, -0.15) is 4.98 Å². The molecule has 2 N–H and O–H groups in total. The minimum atomic E-state index is -0.640. The summed E-state index contributed by atoms with van der Waals surface area (Å²) >= 11 is 0. The number of hydrogen-bond acceptors (Lipinski definition) is 10. The van der Waals surface area contributed by atoms with E-state index >= 15 is 0 Å². The number of nitrogens with one attached hydrogen (secondary N) is 2. The Balaban J connectivity index is 1.71. The van der Waals surface area contributed by atoms with Gasteiger partial charge in [0.15, 0.2) is 28.8 Å². The second-order valence-corrected chi connectivity index (χ2v) is 8.04. The summed E-state index contributed by atoms with van der Waals surface area (Å²) < 4.78 is 30.5. The first-order chi connectivity index (χ1) is 18.4. The van der Waals surface area contributed by atoms with Gasteiger partial charge in [0.1, 0.15) is 5.82 Å². The quantitative estimate of drug-likeness (QED) is 0.191. The average molecular weight is 518 g/mol. The van der Waals surface area contributed by atoms with Crippen LogP contribution in [0.3, 0.4) is 0 Å². The van der Waals surface area contributed by atoms with E-state index in [0.717, 1.165) is 5.56 Å². The molecular formula is C27H24FN5O5. The van der Waals surface area contributed by atoms with Crippen molar-refractivity contribution in [2.45, 2.75) is 6.92 Å². The molecule has 4 aromatic rings. The first kappa shape index (κ1) is 26.0. The average Bonchev–Trinajstić information content (AvgIpc) is 2.93. The fraction of sp³-hybridized carbons (Fsp3) is 0.148. The Bertz CT molecular complexity index is 1490. The molecule has 0 amide bonds. The Kier molecular flexibility index (Phi) is 7.76. The Morgan fingerprint density at radius 1 is 0.921 bits per heavy atom. The molecule has 10 nitrogen and oxygen atoms in total. The van der Waals surface area contributed by atoms with E-state index in [4.69, 9.17) is 14.2 Å². The number of benzene rings is 3. The number of halogens is 1. The maximum Gasteiger partial charge on any atom is 0.229 e. The molecule has 11 heteroatoms. The van der Waals surface area contributed by atoms with Crippen LogP contribution in [0.25, 0.3) is 0 Å². The molecule has 194 valence electrons. The number of carbonyl (C=O) groups is 1. The number of methoxy groups -OCH3 is 3. The van der Waals surface area contributed by atoms with Crippen LogP contribution in [0.1, 0.15) is 21.5 Å². The van der Waals surface area contributed by atoms with Gasteiger partial charge in [-0.25, -0.2) is 9.37 Å². The van der Waals surface area contributed by atoms with Gasteiger partial charge in [0.25, 0.3) is 0 Å². The number of aryl methyl sites for hydroxylation is 1. The van der Waals surface area contributed by atoms with Crippen molar-refractivity contribution in [1.29, 1.82) is 0 Å². The fourth-order valence-corrected chi connectivity index (χ4v) is 3.75. The number of anilines is 4. The summed E-state index contributed by atoms with van der Waals surface area (Å²) in [6, 6.07) is 14.1. The van der Waals surface area contributed by atoms with Gasteiger partial charge in [0.05, 0.1) is 38.8 Å². The molecule has 38 heavy (non-hydrogen) atoms. The van der Waals surface area contributed by atoms with Crippen molar-refractivity contribution in [2.24, 2.45) is 5.18 Å². The van der Waals surface area contributed by atoms with Gasteiger partial charge in [-0.1, -0.05) is 23.8 Å². The molecule has 0 saturated carbocycles. The van der Waals surface area contributed by atoms with E-state index in [9.17, 15) is 14.1 Å². The number of nitrogens with zero attached hydrogens (tertiary/aromatic N) is 3. The summed E-state index contributed by atoms with van der Waals surface area (Å²) in [6.45, 7) is 1.81. The van der Waals surface area contributed by atoms with Gasteiger partial charge < -0.3 is 24.8 Å². The van der Waals surface area contributed by atoms with Crippen molar-refractivity contribution in [2.75, 3.05) is 32.0 Å². The lowest BCUT2D eigenvalue weighted by Crippen LogP contribution is -2.09. The van der Waals surface area contributed by atoms with Crippen molar-refractivity contribution in [3.63, 3.8) is 0 Å². The van der Waals surface area contributed by atoms with Crippen LogP contribution in [0.2, 0.25) is 0 Å². The predicted molar refractivity (Wildman–Crippen MR) is 141 cm³/mol. The molecule has 0 radical (unpaired) electrons. The highest BCUT2D eigenvalue weighted by atomic mass is 19.1. The monoisotopic (exact) mass is 517 g/mol. The third kappa shape index (κ3) is 5.36. The highest BCUT2D eigenvalue weighted by molar-refractivity contribution is 6.13. The summed E-state index contributed by atoms with van der Waals surface area (Å²) in [6.07, 6.45) is 1.23. The SMILES string of the molecule is COc1cc(Nc2ncc(N=O)c(Nc3ccc(C)cc3C(=O)c3ccccc3F)n2)cc(OC)c1OC. The van der Waals surface area contributed by atoms with Crippen molar-refractivity contribution in [1.82, 2.24) is 9.97 Å². The van der Waals surface area contributed by atoms with Crippen LogP contribution in [0, 0.1) is 17.6 Å². The summed E-state index contributed by atoms with van der Waals surface area (Å²) in [4.78, 5) is 33.3. The van der Waals surface area contributed by atoms with E-state index in [1.807, 2.05) is 6.92 Å². The zero-order valence-electron chi connectivity index (χ0n) is 21.0. The van der Waals surface area contributed by atoms with Crippen molar-refractivity contribution < 1.29 is 23.4 Å². The highest BCUT2D eigenvalue weighted by Gasteiger charge is 2.20. The van der Waals surface area contributed by atoms with Crippen molar-refractivity contribution >= 4 is 34.6 Å². The van der Waals surface area contributed by atoms with Crippen LogP contribution < -0.4 is 24.8 Å². The van der Waals surface area contributed by atoms with Gasteiger partial charge in [-0.3, -0.25) is 4.79 Å². The third-order valence-electron chi connectivity index (χ3n) is 5.58. The number of rotatable bonds is 10. The van der Waals surface area contributed by atoms with Gasteiger partial charge in [0.2, 0.25) is 11.7 Å². The molecule has 0 bridgehead atoms. The van der Waals surface area contributed by atoms with Crippen LogP contribution in [0.15, 0.2) is 66.0 Å². The lowest BCUT2D eigenvalue weighted by Gasteiger charge is -2.16. The smallest absolute Gasteiger partial charge is 0.229 e. The fourth-order valence-electron chi connectivity index (χ4n) is 3.75. The van der Waals surface area contributed by atoms with Crippen LogP contribution in [0.4, 0.5) is 33.2 Å². The Morgan fingerprint density at radius 3 is 2.26 bits per heavy atom. The summed E-state index contributed by atoms with van der Waals surface area (Å²) in [5.74, 6) is 0.221. The summed E-state index contributed by atoms with van der Waals surface area (Å²) in [5.41, 5.74) is 1.64. The molecule has 1 aromatic heterocycles. The van der Waals surface area contributed by atoms with E-state index in [-0.39, 0.29) is 28.6 Å². The number of ether oxygens (including phenoxy) is 3. The van der Waals surface area contributed by atoms with Crippen molar-refractivity contribution in [3.8, 4) is 17.2 Å². The second-order valence-electron chi connectivity index (χ2n) is 8.04. The third-order valence-corrected chi connectivity index (χ3v) is 5.58. The lowest BCUT2D eigenvalue weighted by molar-refractivity contribution is 0.103. The molecule has 0 aliphatic rings. The van der Waals surface area contributed by atoms with Gasteiger partial charge >= 0.3 is 0 Å². The van der Waals surface area contributed by atoms with E-state index in [1.165, 1.54) is 45.7 Å². The zero-order chi connectivity index (χ0) is 27.2. The second kappa shape index (κ2) is 11.3. The minimum Gasteiger partial charge on any atom is -0.493 e. The van der Waals surface area contributed by atoms with Crippen LogP contribution >= 0.6 is 0 Å². The molecule has 3 aromatic carbocycles. The van der Waals surface area contributed by atoms with E-state index in [1.54, 1.807) is 36.4 Å². The topological polar surface area (TPSA) is 124 Å². The Hall–Kier alpha value is -5.06. The molecule has 4 rings (SSSR count). The molecule has 0 fully saturated rings. The number of hydrogen-bond donors (Lipinski definition) is 2. The first-order valence-electron chi connectivity index (χ1n) is 11.3. The molecular weight excluding hydrogens is 493 g/mol. The zero-order valence-corrected chi connectivity index (χ0v) is 21.0. The number of nitroso groups, excluding NO2 is 1. The Labute approximate surface area is 217 Å². The van der Waals surface area contributed by atoms with E-state index in [2.05, 4.69) is 25.8 Å². The largest absolute Gasteiger partial charge is 0.493 e. The first-order valence-corrected chi connectivity index (χ1v) is 11.3. The predicted octanol–water partition coefficient (Wildman–Crippen LogP) is 6.07. The van der Waals surface area contributed by atoms with Gasteiger partial charge in [0, 0.05) is 23.4 Å². The molecule has 0 atom stereocenters. The standard InChI is InChI=1S/C27H24FN5O5/c1-15-9-10-20(18(11-15)24(34)17-7-5-6-8-19(17)28)31-26-21(33-35)14-29-27(32-26)30-16-12-22(36-2)25(38-4)23(13-16)37-3/h5-14H,1-4H3,(H2,29,30,31,32). The molecule has 0 unspecified atom stereocenters.